The van der Waals surface area contributed by atoms with Gasteiger partial charge >= 0.3 is 0 Å². The fourth-order valence-corrected chi connectivity index (χ4v) is 5.36. The summed E-state index contributed by atoms with van der Waals surface area (Å²) in [5, 5.41) is 0.276. The van der Waals surface area contributed by atoms with Crippen molar-refractivity contribution in [3.63, 3.8) is 0 Å². The molecule has 1 saturated carbocycles. The zero-order valence-electron chi connectivity index (χ0n) is 18.1. The maximum Gasteiger partial charge on any atom is 0.142 e. The van der Waals surface area contributed by atoms with Crippen molar-refractivity contribution < 1.29 is 9.47 Å². The van der Waals surface area contributed by atoms with Gasteiger partial charge in [-0.1, -0.05) is 32.9 Å². The molecule has 1 saturated heterocycles. The quantitative estimate of drug-likeness (QED) is 0.681. The molecule has 1 aromatic carbocycles. The van der Waals surface area contributed by atoms with Crippen LogP contribution in [-0.4, -0.2) is 62.7 Å². The molecule has 3 rings (SSSR count). The van der Waals surface area contributed by atoms with E-state index in [4.69, 9.17) is 22.1 Å². The number of nitrogens with zero attached hydrogens (tertiary/aromatic N) is 2. The normalized spacial score (nSPS) is 26.8. The molecule has 0 unspecified atom stereocenters. The molecule has 158 valence electrons. The van der Waals surface area contributed by atoms with Crippen LogP contribution in [0.4, 0.5) is 5.69 Å². The molecule has 1 aliphatic heterocycles. The average Bonchev–Trinajstić information content (AvgIpc) is 2.65. The van der Waals surface area contributed by atoms with Crippen LogP contribution in [0.5, 0.6) is 5.75 Å². The Kier molecular flexibility index (Phi) is 7.57. The smallest absolute Gasteiger partial charge is 0.142 e. The van der Waals surface area contributed by atoms with Gasteiger partial charge in [0.1, 0.15) is 5.75 Å². The van der Waals surface area contributed by atoms with E-state index in [1.807, 2.05) is 12.1 Å². The van der Waals surface area contributed by atoms with Crippen LogP contribution in [0.25, 0.3) is 0 Å². The van der Waals surface area contributed by atoms with Gasteiger partial charge in [-0.2, -0.15) is 12.6 Å². The fourth-order valence-electron chi connectivity index (χ4n) is 5.05. The Morgan fingerprint density at radius 1 is 1.14 bits per heavy atom. The summed E-state index contributed by atoms with van der Waals surface area (Å²) in [6, 6.07) is 8.30. The maximum absolute atomic E-state index is 6.28. The zero-order valence-corrected chi connectivity index (χ0v) is 19.0. The van der Waals surface area contributed by atoms with Gasteiger partial charge in [-0.15, -0.1) is 0 Å². The zero-order chi connectivity index (χ0) is 20.1. The highest BCUT2D eigenvalue weighted by molar-refractivity contribution is 7.81. The van der Waals surface area contributed by atoms with Crippen molar-refractivity contribution in [3.05, 3.63) is 24.3 Å². The summed E-state index contributed by atoms with van der Waals surface area (Å²) in [5.41, 5.74) is 1.60. The molecule has 2 aliphatic rings. The Balaban J connectivity index is 1.41. The second kappa shape index (κ2) is 9.73. The molecule has 28 heavy (non-hydrogen) atoms. The summed E-state index contributed by atoms with van der Waals surface area (Å²) >= 11 is 4.83. The Hall–Kier alpha value is -0.910. The third-order valence-electron chi connectivity index (χ3n) is 6.14. The number of anilines is 1. The molecular formula is C23H38N2O2S. The van der Waals surface area contributed by atoms with Gasteiger partial charge < -0.3 is 14.4 Å². The van der Waals surface area contributed by atoms with Crippen molar-refractivity contribution in [1.82, 2.24) is 4.90 Å². The predicted molar refractivity (Wildman–Crippen MR) is 121 cm³/mol. The van der Waals surface area contributed by atoms with E-state index in [1.165, 1.54) is 24.9 Å². The molecule has 5 heteroatoms. The lowest BCUT2D eigenvalue weighted by molar-refractivity contribution is -0.0237. The van der Waals surface area contributed by atoms with Gasteiger partial charge in [0.15, 0.2) is 0 Å². The molecule has 0 radical (unpaired) electrons. The Bertz CT molecular complexity index is 616. The molecule has 4 nitrogen and oxygen atoms in total. The molecule has 1 aromatic rings. The van der Waals surface area contributed by atoms with Gasteiger partial charge in [-0.25, -0.2) is 0 Å². The van der Waals surface area contributed by atoms with Crippen molar-refractivity contribution >= 4 is 18.3 Å². The number of hydrogen-bond donors (Lipinski definition) is 1. The summed E-state index contributed by atoms with van der Waals surface area (Å²) in [4.78, 5) is 4.94. The van der Waals surface area contributed by atoms with Crippen LogP contribution in [0.1, 0.15) is 40.0 Å². The first-order valence-corrected chi connectivity index (χ1v) is 11.3. The van der Waals surface area contributed by atoms with Crippen molar-refractivity contribution in [3.8, 4) is 5.75 Å². The highest BCUT2D eigenvalue weighted by Crippen LogP contribution is 2.39. The molecule has 3 atom stereocenters. The van der Waals surface area contributed by atoms with E-state index in [1.54, 1.807) is 7.11 Å². The molecule has 0 spiro atoms. The van der Waals surface area contributed by atoms with Crippen molar-refractivity contribution in [2.45, 2.75) is 51.4 Å². The second-order valence-corrected chi connectivity index (χ2v) is 10.2. The summed E-state index contributed by atoms with van der Waals surface area (Å²) in [7, 11) is 1.74. The second-order valence-electron chi connectivity index (χ2n) is 9.48. The number of benzene rings is 1. The van der Waals surface area contributed by atoms with E-state index in [0.717, 1.165) is 51.0 Å². The van der Waals surface area contributed by atoms with Gasteiger partial charge in [0.2, 0.25) is 0 Å². The lowest BCUT2D eigenvalue weighted by Crippen LogP contribution is -2.48. The molecular weight excluding hydrogens is 368 g/mol. The number of thiol groups is 1. The number of rotatable bonds is 7. The van der Waals surface area contributed by atoms with Gasteiger partial charge in [-0.3, -0.25) is 4.90 Å². The topological polar surface area (TPSA) is 24.9 Å². The minimum absolute atomic E-state index is 0.276. The summed E-state index contributed by atoms with van der Waals surface area (Å²) in [6.07, 6.45) is 4.08. The molecule has 1 heterocycles. The van der Waals surface area contributed by atoms with Crippen LogP contribution in [0.15, 0.2) is 24.3 Å². The van der Waals surface area contributed by atoms with Crippen LogP contribution >= 0.6 is 12.6 Å². The molecule has 0 N–H and O–H groups in total. The summed E-state index contributed by atoms with van der Waals surface area (Å²) in [6.45, 7) is 13.0. The highest BCUT2D eigenvalue weighted by atomic mass is 32.1. The van der Waals surface area contributed by atoms with Crippen LogP contribution in [0.2, 0.25) is 0 Å². The van der Waals surface area contributed by atoms with E-state index >= 15 is 0 Å². The van der Waals surface area contributed by atoms with E-state index in [-0.39, 0.29) is 5.25 Å². The van der Waals surface area contributed by atoms with Crippen LogP contribution < -0.4 is 9.64 Å². The van der Waals surface area contributed by atoms with Gasteiger partial charge in [0.05, 0.1) is 25.5 Å². The fraction of sp³-hybridized carbons (Fsp3) is 0.739. The van der Waals surface area contributed by atoms with E-state index in [0.29, 0.717) is 11.5 Å². The molecule has 2 fully saturated rings. The first-order chi connectivity index (χ1) is 13.4. The number of piperazine rings is 1. The predicted octanol–water partition coefficient (Wildman–Crippen LogP) is 4.35. The first-order valence-electron chi connectivity index (χ1n) is 10.8. The third kappa shape index (κ3) is 6.04. The van der Waals surface area contributed by atoms with Crippen LogP contribution in [0.3, 0.4) is 0 Å². The van der Waals surface area contributed by atoms with Crippen LogP contribution in [0, 0.1) is 11.3 Å². The van der Waals surface area contributed by atoms with E-state index in [2.05, 4.69) is 42.7 Å². The SMILES string of the molecule is COc1ccccc1N1CCN(C[C@H](S)CO[C@@H]2C[C@@H](C)CC(C)(C)C2)CC1. The average molecular weight is 407 g/mol. The lowest BCUT2D eigenvalue weighted by Gasteiger charge is -2.39. The van der Waals surface area contributed by atoms with Crippen molar-refractivity contribution in [2.24, 2.45) is 11.3 Å². The highest BCUT2D eigenvalue weighted by Gasteiger charge is 2.32. The van der Waals surface area contributed by atoms with E-state index in [9.17, 15) is 0 Å². The largest absolute Gasteiger partial charge is 0.495 e. The Morgan fingerprint density at radius 2 is 1.86 bits per heavy atom. The van der Waals surface area contributed by atoms with Gasteiger partial charge in [0, 0.05) is 38.0 Å². The summed E-state index contributed by atoms with van der Waals surface area (Å²) in [5.74, 6) is 1.72. The minimum atomic E-state index is 0.276. The van der Waals surface area contributed by atoms with Crippen molar-refractivity contribution in [1.29, 1.82) is 0 Å². The number of hydrogen-bond acceptors (Lipinski definition) is 5. The van der Waals surface area contributed by atoms with Crippen LogP contribution in [-0.2, 0) is 4.74 Å². The summed E-state index contributed by atoms with van der Waals surface area (Å²) < 4.78 is 11.8. The Morgan fingerprint density at radius 3 is 2.54 bits per heavy atom. The first kappa shape index (κ1) is 21.8. The van der Waals surface area contributed by atoms with Crippen molar-refractivity contribution in [2.75, 3.05) is 51.3 Å². The minimum Gasteiger partial charge on any atom is -0.495 e. The number of para-hydroxylation sites is 2. The van der Waals surface area contributed by atoms with E-state index < -0.39 is 0 Å². The monoisotopic (exact) mass is 406 g/mol. The molecule has 1 aliphatic carbocycles. The lowest BCUT2D eigenvalue weighted by atomic mass is 9.71. The third-order valence-corrected chi connectivity index (χ3v) is 6.45. The molecule has 0 aromatic heterocycles. The Labute approximate surface area is 177 Å². The van der Waals surface area contributed by atoms with Gasteiger partial charge in [-0.05, 0) is 42.7 Å². The molecule has 0 amide bonds. The maximum atomic E-state index is 6.28. The number of methoxy groups -OCH3 is 1. The molecule has 0 bridgehead atoms. The van der Waals surface area contributed by atoms with Gasteiger partial charge in [0.25, 0.3) is 0 Å². The standard InChI is InChI=1S/C23H38N2O2S/c1-18-13-19(15-23(2,3)14-18)27-17-20(28)16-24-9-11-25(12-10-24)21-7-5-6-8-22(21)26-4/h5-8,18-20,28H,9-17H2,1-4H3/t18-,19-,20+/m1/s1. The number of ether oxygens (including phenoxy) is 2.